The second-order valence-electron chi connectivity index (χ2n) is 6.83. The van der Waals surface area contributed by atoms with E-state index >= 15 is 0 Å². The van der Waals surface area contributed by atoms with Crippen molar-refractivity contribution in [2.24, 2.45) is 0 Å². The van der Waals surface area contributed by atoms with Gasteiger partial charge in [-0.15, -0.1) is 0 Å². The molecule has 6 heteroatoms. The van der Waals surface area contributed by atoms with Gasteiger partial charge in [-0.3, -0.25) is 9.59 Å². The highest BCUT2D eigenvalue weighted by molar-refractivity contribution is 5.97. The highest BCUT2D eigenvalue weighted by Gasteiger charge is 2.30. The molecule has 1 unspecified atom stereocenters. The zero-order valence-corrected chi connectivity index (χ0v) is 15.6. The van der Waals surface area contributed by atoms with E-state index in [9.17, 15) is 14.7 Å². The summed E-state index contributed by atoms with van der Waals surface area (Å²) in [6.45, 7) is 2.68. The maximum absolute atomic E-state index is 12.8. The van der Waals surface area contributed by atoms with E-state index in [1.807, 2.05) is 31.2 Å². The van der Waals surface area contributed by atoms with Crippen LogP contribution < -0.4 is 4.74 Å². The van der Waals surface area contributed by atoms with Crippen molar-refractivity contribution in [2.45, 2.75) is 19.6 Å². The van der Waals surface area contributed by atoms with Crippen molar-refractivity contribution in [3.63, 3.8) is 0 Å². The largest absolute Gasteiger partial charge is 0.497 e. The topological polar surface area (TPSA) is 70.1 Å². The number of carbonyl (C=O) groups excluding carboxylic acids is 2. The first-order valence-electron chi connectivity index (χ1n) is 8.91. The summed E-state index contributed by atoms with van der Waals surface area (Å²) in [7, 11) is 1.53. The number of ether oxygens (including phenoxy) is 1. The molecule has 142 valence electrons. The van der Waals surface area contributed by atoms with Crippen LogP contribution in [0, 0.1) is 6.92 Å². The lowest BCUT2D eigenvalue weighted by molar-refractivity contribution is -0.131. The summed E-state index contributed by atoms with van der Waals surface area (Å²) >= 11 is 0. The van der Waals surface area contributed by atoms with E-state index in [0.29, 0.717) is 17.9 Å². The molecule has 1 heterocycles. The second-order valence-corrected chi connectivity index (χ2v) is 6.83. The number of hydrogen-bond donors (Lipinski definition) is 1. The summed E-state index contributed by atoms with van der Waals surface area (Å²) in [4.78, 5) is 28.5. The Kier molecular flexibility index (Phi) is 5.76. The number of aliphatic hydroxyl groups is 1. The lowest BCUT2D eigenvalue weighted by Gasteiger charge is -2.22. The molecule has 1 atom stereocenters. The summed E-state index contributed by atoms with van der Waals surface area (Å²) < 4.78 is 5.16. The summed E-state index contributed by atoms with van der Waals surface area (Å²) in [5, 5.41) is 10.4. The molecule has 0 spiro atoms. The molecule has 0 radical (unpaired) electrons. The predicted molar refractivity (Wildman–Crippen MR) is 102 cm³/mol. The van der Waals surface area contributed by atoms with Crippen LogP contribution in [0.1, 0.15) is 21.5 Å². The number of nitrogens with zero attached hydrogens (tertiary/aromatic N) is 2. The first-order valence-corrected chi connectivity index (χ1v) is 8.91. The van der Waals surface area contributed by atoms with E-state index in [-0.39, 0.29) is 31.4 Å². The maximum Gasteiger partial charge on any atom is 0.254 e. The van der Waals surface area contributed by atoms with Crippen molar-refractivity contribution >= 4 is 11.8 Å². The van der Waals surface area contributed by atoms with E-state index in [2.05, 4.69) is 0 Å². The Morgan fingerprint density at radius 2 is 1.93 bits per heavy atom. The molecule has 27 heavy (non-hydrogen) atoms. The fourth-order valence-corrected chi connectivity index (χ4v) is 3.16. The number of amides is 2. The predicted octanol–water partition coefficient (Wildman–Crippen LogP) is 1.85. The highest BCUT2D eigenvalue weighted by Crippen LogP contribution is 2.17. The van der Waals surface area contributed by atoms with Crippen molar-refractivity contribution in [2.75, 3.05) is 26.7 Å². The average molecular weight is 368 g/mol. The van der Waals surface area contributed by atoms with Gasteiger partial charge in [-0.2, -0.15) is 0 Å². The molecular weight excluding hydrogens is 344 g/mol. The molecule has 2 aromatic rings. The standard InChI is InChI=1S/C21H24N2O4/c1-15-6-8-16(9-7-15)11-22-12-18(24)13-23(14-20(22)25)21(26)17-4-3-5-19(10-17)27-2/h3-10,18,24H,11-14H2,1-2H3. The minimum absolute atomic E-state index is 0.0566. The molecule has 2 aromatic carbocycles. The van der Waals surface area contributed by atoms with Crippen LogP contribution in [-0.2, 0) is 11.3 Å². The van der Waals surface area contributed by atoms with Gasteiger partial charge in [0.15, 0.2) is 0 Å². The van der Waals surface area contributed by atoms with Crippen molar-refractivity contribution in [3.8, 4) is 5.75 Å². The van der Waals surface area contributed by atoms with Crippen molar-refractivity contribution in [3.05, 3.63) is 65.2 Å². The van der Waals surface area contributed by atoms with E-state index < -0.39 is 6.10 Å². The van der Waals surface area contributed by atoms with Crippen LogP contribution in [-0.4, -0.2) is 59.6 Å². The van der Waals surface area contributed by atoms with Crippen LogP contribution in [0.2, 0.25) is 0 Å². The van der Waals surface area contributed by atoms with Gasteiger partial charge in [0, 0.05) is 25.2 Å². The van der Waals surface area contributed by atoms with Gasteiger partial charge >= 0.3 is 0 Å². The van der Waals surface area contributed by atoms with Gasteiger partial charge in [-0.05, 0) is 30.7 Å². The fourth-order valence-electron chi connectivity index (χ4n) is 3.16. The lowest BCUT2D eigenvalue weighted by Crippen LogP contribution is -2.39. The van der Waals surface area contributed by atoms with Gasteiger partial charge in [0.25, 0.3) is 5.91 Å². The van der Waals surface area contributed by atoms with Gasteiger partial charge in [0.2, 0.25) is 5.91 Å². The third-order valence-electron chi connectivity index (χ3n) is 4.64. The van der Waals surface area contributed by atoms with Gasteiger partial charge in [0.05, 0.1) is 13.2 Å². The normalized spacial score (nSPS) is 17.6. The molecule has 2 amide bonds. The fraction of sp³-hybridized carbons (Fsp3) is 0.333. The van der Waals surface area contributed by atoms with Gasteiger partial charge < -0.3 is 19.6 Å². The zero-order valence-electron chi connectivity index (χ0n) is 15.6. The van der Waals surface area contributed by atoms with Crippen LogP contribution in [0.4, 0.5) is 0 Å². The summed E-state index contributed by atoms with van der Waals surface area (Å²) in [5.74, 6) is 0.102. The van der Waals surface area contributed by atoms with Crippen molar-refractivity contribution in [1.82, 2.24) is 9.80 Å². The number of rotatable bonds is 4. The van der Waals surface area contributed by atoms with E-state index in [0.717, 1.165) is 11.1 Å². The minimum Gasteiger partial charge on any atom is -0.497 e. The third kappa shape index (κ3) is 4.65. The molecule has 0 aromatic heterocycles. The first-order chi connectivity index (χ1) is 13.0. The Morgan fingerprint density at radius 1 is 1.19 bits per heavy atom. The summed E-state index contributed by atoms with van der Waals surface area (Å²) in [5.41, 5.74) is 2.58. The van der Waals surface area contributed by atoms with E-state index in [1.54, 1.807) is 29.2 Å². The van der Waals surface area contributed by atoms with Gasteiger partial charge in [-0.25, -0.2) is 0 Å². The summed E-state index contributed by atoms with van der Waals surface area (Å²) in [6, 6.07) is 14.7. The monoisotopic (exact) mass is 368 g/mol. The molecule has 1 N–H and O–H groups in total. The molecule has 3 rings (SSSR count). The Labute approximate surface area is 159 Å². The molecule has 1 aliphatic heterocycles. The number of carbonyl (C=O) groups is 2. The minimum atomic E-state index is -0.795. The van der Waals surface area contributed by atoms with Crippen LogP contribution >= 0.6 is 0 Å². The van der Waals surface area contributed by atoms with Crippen molar-refractivity contribution in [1.29, 1.82) is 0 Å². The maximum atomic E-state index is 12.8. The second kappa shape index (κ2) is 8.22. The smallest absolute Gasteiger partial charge is 0.254 e. The molecule has 1 saturated heterocycles. The molecule has 0 aliphatic carbocycles. The van der Waals surface area contributed by atoms with Gasteiger partial charge in [0.1, 0.15) is 12.3 Å². The van der Waals surface area contributed by atoms with Crippen molar-refractivity contribution < 1.29 is 19.4 Å². The first kappa shape index (κ1) is 18.9. The van der Waals surface area contributed by atoms with Crippen LogP contribution in [0.5, 0.6) is 5.75 Å². The van der Waals surface area contributed by atoms with E-state index in [1.165, 1.54) is 12.0 Å². The highest BCUT2D eigenvalue weighted by atomic mass is 16.5. The zero-order chi connectivity index (χ0) is 19.4. The van der Waals surface area contributed by atoms with Crippen LogP contribution in [0.25, 0.3) is 0 Å². The molecular formula is C21H24N2O4. The summed E-state index contributed by atoms with van der Waals surface area (Å²) in [6.07, 6.45) is -0.795. The number of β-amino-alcohol motifs (C(OH)–C–C–N with tert-alkyl or cyclic N) is 1. The number of aryl methyl sites for hydroxylation is 1. The molecule has 1 aliphatic rings. The Bertz CT molecular complexity index is 819. The number of hydrogen-bond acceptors (Lipinski definition) is 4. The lowest BCUT2D eigenvalue weighted by atomic mass is 10.1. The quantitative estimate of drug-likeness (QED) is 0.894. The number of aliphatic hydroxyl groups excluding tert-OH is 1. The third-order valence-corrected chi connectivity index (χ3v) is 4.64. The Morgan fingerprint density at radius 3 is 2.63 bits per heavy atom. The van der Waals surface area contributed by atoms with E-state index in [4.69, 9.17) is 4.74 Å². The Balaban J connectivity index is 1.74. The molecule has 0 saturated carbocycles. The van der Waals surface area contributed by atoms with Crippen LogP contribution in [0.15, 0.2) is 48.5 Å². The van der Waals surface area contributed by atoms with Gasteiger partial charge in [-0.1, -0.05) is 35.9 Å². The van der Waals surface area contributed by atoms with Crippen LogP contribution in [0.3, 0.4) is 0 Å². The molecule has 6 nitrogen and oxygen atoms in total. The average Bonchev–Trinajstić information content (AvgIpc) is 2.81. The molecule has 0 bridgehead atoms. The Hall–Kier alpha value is -2.86. The molecule has 1 fully saturated rings. The number of methoxy groups -OCH3 is 1. The number of benzene rings is 2. The SMILES string of the molecule is COc1cccc(C(=O)N2CC(=O)N(Cc3ccc(C)cc3)CC(O)C2)c1.